The molecule has 0 saturated heterocycles. The van der Waals surface area contributed by atoms with Gasteiger partial charge >= 0.3 is 5.91 Å². The highest BCUT2D eigenvalue weighted by Gasteiger charge is 2.22. The summed E-state index contributed by atoms with van der Waals surface area (Å²) in [6.07, 6.45) is 0. The summed E-state index contributed by atoms with van der Waals surface area (Å²) in [5.41, 5.74) is 11.6. The number of ether oxygens (including phenoxy) is 2. The van der Waals surface area contributed by atoms with E-state index in [0.29, 0.717) is 5.75 Å². The molecule has 106 valence electrons. The Balaban J connectivity index is 2.64. The highest BCUT2D eigenvalue weighted by Crippen LogP contribution is 2.33. The van der Waals surface area contributed by atoms with E-state index >= 15 is 0 Å². The lowest BCUT2D eigenvalue weighted by Crippen LogP contribution is -2.24. The number of aromatic nitrogens is 1. The smallest absolute Gasteiger partial charge is 0.300 e. The van der Waals surface area contributed by atoms with Gasteiger partial charge in [-0.1, -0.05) is 12.1 Å². The van der Waals surface area contributed by atoms with Gasteiger partial charge in [-0.25, -0.2) is 0 Å². The van der Waals surface area contributed by atoms with E-state index in [1.54, 1.807) is 11.6 Å². The van der Waals surface area contributed by atoms with Crippen molar-refractivity contribution in [3.63, 3.8) is 0 Å². The number of aliphatic imine (C=N–C) groups is 1. The molecule has 0 aliphatic heterocycles. The number of amides is 1. The summed E-state index contributed by atoms with van der Waals surface area (Å²) in [5.74, 6) is -0.451. The molecule has 0 fully saturated rings. The number of benzene rings is 1. The maximum Gasteiger partial charge on any atom is 0.300 e. The molecule has 1 heterocycles. The minimum atomic E-state index is -0.560. The number of nitrogens with two attached hydrogens (primary N) is 2. The molecule has 0 aliphatic rings. The van der Waals surface area contributed by atoms with Gasteiger partial charge in [-0.05, 0) is 12.1 Å². The predicted octanol–water partition coefficient (Wildman–Crippen LogP) is 0.575. The fourth-order valence-electron chi connectivity index (χ4n) is 2.03. The van der Waals surface area contributed by atoms with Crippen molar-refractivity contribution < 1.29 is 14.3 Å². The summed E-state index contributed by atoms with van der Waals surface area (Å²) in [7, 11) is 3.25. The number of hydrogen-bond donors (Lipinski definition) is 2. The molecule has 0 spiro atoms. The lowest BCUT2D eigenvalue weighted by molar-refractivity contribution is 0.0511. The number of carbonyl (C=O) groups is 1. The number of methoxy groups -OCH3 is 1. The van der Waals surface area contributed by atoms with E-state index in [1.165, 1.54) is 7.11 Å². The molecule has 7 heteroatoms. The molecular weight excluding hydrogens is 260 g/mol. The quantitative estimate of drug-likeness (QED) is 0.482. The molecule has 2 rings (SSSR count). The molecule has 0 unspecified atom stereocenters. The molecule has 0 atom stereocenters. The van der Waals surface area contributed by atoms with Crippen LogP contribution < -0.4 is 16.2 Å². The van der Waals surface area contributed by atoms with E-state index in [1.807, 2.05) is 24.3 Å². The Labute approximate surface area is 115 Å². The zero-order chi connectivity index (χ0) is 14.7. The Hall–Kier alpha value is -2.54. The van der Waals surface area contributed by atoms with Gasteiger partial charge in [0.1, 0.15) is 0 Å². The second kappa shape index (κ2) is 5.62. The molecule has 1 aromatic heterocycles. The lowest BCUT2D eigenvalue weighted by atomic mass is 10.2. The monoisotopic (exact) mass is 276 g/mol. The van der Waals surface area contributed by atoms with Crippen molar-refractivity contribution in [2.24, 2.45) is 23.5 Å². The number of fused-ring (bicyclic) bond motifs is 1. The number of nitrogens with zero attached hydrogens (tertiary/aromatic N) is 2. The zero-order valence-electron chi connectivity index (χ0n) is 11.3. The predicted molar refractivity (Wildman–Crippen MR) is 75.6 cm³/mol. The average molecular weight is 276 g/mol. The number of rotatable bonds is 4. The van der Waals surface area contributed by atoms with Crippen LogP contribution in [-0.4, -0.2) is 30.3 Å². The molecule has 1 amide bonds. The van der Waals surface area contributed by atoms with E-state index < -0.39 is 5.91 Å². The standard InChI is InChI=1S/C13H16N4O3/c1-17-9-6-4-3-5-8(9)11(20-7-19-2)10(17)12(18)16-13(14)15/h3-6H,7H2,1-2H3,(H4,14,15,16,18). The van der Waals surface area contributed by atoms with Gasteiger partial charge in [0, 0.05) is 19.5 Å². The van der Waals surface area contributed by atoms with E-state index in [9.17, 15) is 4.79 Å². The van der Waals surface area contributed by atoms with Crippen LogP contribution in [0.15, 0.2) is 29.3 Å². The highest BCUT2D eigenvalue weighted by molar-refractivity contribution is 6.07. The number of aryl methyl sites for hydroxylation is 1. The van der Waals surface area contributed by atoms with Crippen LogP contribution in [-0.2, 0) is 11.8 Å². The van der Waals surface area contributed by atoms with Crippen LogP contribution >= 0.6 is 0 Å². The van der Waals surface area contributed by atoms with Gasteiger partial charge in [0.15, 0.2) is 24.2 Å². The SMILES string of the molecule is COCOc1c(C(=O)N=C(N)N)n(C)c2ccccc12. The first-order valence-electron chi connectivity index (χ1n) is 5.89. The van der Waals surface area contributed by atoms with E-state index in [2.05, 4.69) is 4.99 Å². The number of para-hydroxylation sites is 1. The normalized spacial score (nSPS) is 10.5. The van der Waals surface area contributed by atoms with Crippen LogP contribution in [0.1, 0.15) is 10.5 Å². The Morgan fingerprint density at radius 1 is 1.35 bits per heavy atom. The van der Waals surface area contributed by atoms with E-state index in [4.69, 9.17) is 20.9 Å². The first-order valence-corrected chi connectivity index (χ1v) is 5.89. The zero-order valence-corrected chi connectivity index (χ0v) is 11.3. The summed E-state index contributed by atoms with van der Waals surface area (Å²) in [4.78, 5) is 15.7. The molecule has 20 heavy (non-hydrogen) atoms. The summed E-state index contributed by atoms with van der Waals surface area (Å²) >= 11 is 0. The number of carbonyl (C=O) groups excluding carboxylic acids is 1. The Kier molecular flexibility index (Phi) is 3.90. The van der Waals surface area contributed by atoms with Crippen LogP contribution in [0.2, 0.25) is 0 Å². The topological polar surface area (TPSA) is 105 Å². The van der Waals surface area contributed by atoms with Gasteiger partial charge in [0.2, 0.25) is 0 Å². The lowest BCUT2D eigenvalue weighted by Gasteiger charge is -2.06. The van der Waals surface area contributed by atoms with Crippen molar-refractivity contribution >= 4 is 22.8 Å². The van der Waals surface area contributed by atoms with Gasteiger partial charge < -0.3 is 25.5 Å². The first-order chi connectivity index (χ1) is 9.56. The minimum Gasteiger partial charge on any atom is -0.464 e. The van der Waals surface area contributed by atoms with Crippen molar-refractivity contribution in [3.8, 4) is 5.75 Å². The third kappa shape index (κ3) is 2.43. The van der Waals surface area contributed by atoms with E-state index in [-0.39, 0.29) is 18.4 Å². The van der Waals surface area contributed by atoms with Crippen LogP contribution in [0.5, 0.6) is 5.75 Å². The average Bonchev–Trinajstić information content (AvgIpc) is 2.69. The van der Waals surface area contributed by atoms with Crippen molar-refractivity contribution in [3.05, 3.63) is 30.0 Å². The summed E-state index contributed by atoms with van der Waals surface area (Å²) in [5, 5.41) is 0.793. The number of hydrogen-bond acceptors (Lipinski definition) is 3. The largest absolute Gasteiger partial charge is 0.464 e. The van der Waals surface area contributed by atoms with Crippen LogP contribution in [0.3, 0.4) is 0 Å². The van der Waals surface area contributed by atoms with Crippen molar-refractivity contribution in [1.82, 2.24) is 4.57 Å². The van der Waals surface area contributed by atoms with Crippen molar-refractivity contribution in [2.45, 2.75) is 0 Å². The summed E-state index contributed by atoms with van der Waals surface area (Å²) < 4.78 is 12.1. The van der Waals surface area contributed by atoms with Gasteiger partial charge in [0.05, 0.1) is 5.52 Å². The van der Waals surface area contributed by atoms with Crippen LogP contribution in [0.4, 0.5) is 0 Å². The van der Waals surface area contributed by atoms with Crippen LogP contribution in [0, 0.1) is 0 Å². The van der Waals surface area contributed by atoms with Crippen molar-refractivity contribution in [2.75, 3.05) is 13.9 Å². The van der Waals surface area contributed by atoms with E-state index in [0.717, 1.165) is 10.9 Å². The Bertz CT molecular complexity index is 672. The van der Waals surface area contributed by atoms with Crippen molar-refractivity contribution in [1.29, 1.82) is 0 Å². The second-order valence-corrected chi connectivity index (χ2v) is 4.15. The number of guanidine groups is 1. The third-order valence-corrected chi connectivity index (χ3v) is 2.81. The molecule has 0 aliphatic carbocycles. The molecule has 0 bridgehead atoms. The van der Waals surface area contributed by atoms with Gasteiger partial charge in [0.25, 0.3) is 0 Å². The molecule has 2 aromatic rings. The Morgan fingerprint density at radius 2 is 2.05 bits per heavy atom. The fraction of sp³-hybridized carbons (Fsp3) is 0.231. The molecule has 7 nitrogen and oxygen atoms in total. The Morgan fingerprint density at radius 3 is 2.70 bits per heavy atom. The van der Waals surface area contributed by atoms with Gasteiger partial charge in [-0.15, -0.1) is 0 Å². The fourth-order valence-corrected chi connectivity index (χ4v) is 2.03. The minimum absolute atomic E-state index is 0.0239. The molecule has 0 radical (unpaired) electrons. The molecule has 1 aromatic carbocycles. The summed E-state index contributed by atoms with van der Waals surface area (Å²) in [6.45, 7) is 0.0239. The maximum absolute atomic E-state index is 12.1. The maximum atomic E-state index is 12.1. The second-order valence-electron chi connectivity index (χ2n) is 4.15. The highest BCUT2D eigenvalue weighted by atomic mass is 16.7. The molecule has 0 saturated carbocycles. The third-order valence-electron chi connectivity index (χ3n) is 2.81. The van der Waals surface area contributed by atoms with Gasteiger partial charge in [-0.2, -0.15) is 4.99 Å². The van der Waals surface area contributed by atoms with Gasteiger partial charge in [-0.3, -0.25) is 4.79 Å². The molecule has 4 N–H and O–H groups in total. The summed E-state index contributed by atoms with van der Waals surface area (Å²) in [6, 6.07) is 7.46. The first kappa shape index (κ1) is 13.9. The van der Waals surface area contributed by atoms with Crippen LogP contribution in [0.25, 0.3) is 10.9 Å². The molecular formula is C13H16N4O3.